The normalized spacial score (nSPS) is 21.4. The first-order chi connectivity index (χ1) is 10.1. The molecule has 21 heavy (non-hydrogen) atoms. The van der Waals surface area contributed by atoms with Gasteiger partial charge in [-0.15, -0.1) is 11.3 Å². The molecule has 0 spiro atoms. The van der Waals surface area contributed by atoms with Gasteiger partial charge in [0.2, 0.25) is 0 Å². The summed E-state index contributed by atoms with van der Waals surface area (Å²) in [6.45, 7) is 2.11. The van der Waals surface area contributed by atoms with Gasteiger partial charge in [-0.05, 0) is 60.9 Å². The minimum absolute atomic E-state index is 0.00329. The lowest BCUT2D eigenvalue weighted by molar-refractivity contribution is 0.0937. The van der Waals surface area contributed by atoms with Crippen LogP contribution in [0.1, 0.15) is 35.2 Å². The van der Waals surface area contributed by atoms with Crippen molar-refractivity contribution in [3.05, 3.63) is 46.8 Å². The SMILES string of the molecule is Cc1ccsc1-c1ccc(C(=O)N[C@H]2CC[C@@H](N)C2)cc1. The first-order valence-electron chi connectivity index (χ1n) is 7.34. The Hall–Kier alpha value is -1.65. The number of rotatable bonds is 3. The van der Waals surface area contributed by atoms with Crippen LogP contribution in [0.5, 0.6) is 0 Å². The van der Waals surface area contributed by atoms with E-state index in [0.717, 1.165) is 19.3 Å². The van der Waals surface area contributed by atoms with Gasteiger partial charge in [0, 0.05) is 22.5 Å². The number of nitrogens with one attached hydrogen (secondary N) is 1. The molecule has 1 amide bonds. The molecule has 1 aromatic heterocycles. The third-order valence-corrected chi connectivity index (χ3v) is 5.15. The van der Waals surface area contributed by atoms with Gasteiger partial charge in [0.25, 0.3) is 5.91 Å². The van der Waals surface area contributed by atoms with E-state index in [1.54, 1.807) is 11.3 Å². The highest BCUT2D eigenvalue weighted by Gasteiger charge is 2.23. The molecule has 1 aliphatic carbocycles. The summed E-state index contributed by atoms with van der Waals surface area (Å²) in [5, 5.41) is 5.17. The van der Waals surface area contributed by atoms with Crippen LogP contribution in [0.4, 0.5) is 0 Å². The van der Waals surface area contributed by atoms with Crippen molar-refractivity contribution in [2.24, 2.45) is 5.73 Å². The predicted octanol–water partition coefficient (Wildman–Crippen LogP) is 3.33. The van der Waals surface area contributed by atoms with Gasteiger partial charge in [0.05, 0.1) is 0 Å². The van der Waals surface area contributed by atoms with Crippen molar-refractivity contribution < 1.29 is 4.79 Å². The molecule has 2 atom stereocenters. The van der Waals surface area contributed by atoms with Gasteiger partial charge in [0.15, 0.2) is 0 Å². The number of aryl methyl sites for hydroxylation is 1. The van der Waals surface area contributed by atoms with Gasteiger partial charge in [-0.1, -0.05) is 12.1 Å². The van der Waals surface area contributed by atoms with Crippen molar-refractivity contribution in [2.45, 2.75) is 38.3 Å². The van der Waals surface area contributed by atoms with Crippen molar-refractivity contribution in [1.29, 1.82) is 0 Å². The molecule has 0 bridgehead atoms. The maximum Gasteiger partial charge on any atom is 0.251 e. The average Bonchev–Trinajstić information content (AvgIpc) is 3.08. The summed E-state index contributed by atoms with van der Waals surface area (Å²) in [5.74, 6) is 0.00329. The number of hydrogen-bond acceptors (Lipinski definition) is 3. The molecule has 0 radical (unpaired) electrons. The lowest BCUT2D eigenvalue weighted by Crippen LogP contribution is -2.33. The Morgan fingerprint density at radius 2 is 2.00 bits per heavy atom. The second kappa shape index (κ2) is 6.00. The summed E-state index contributed by atoms with van der Waals surface area (Å²) in [6.07, 6.45) is 2.87. The Balaban J connectivity index is 1.69. The zero-order valence-electron chi connectivity index (χ0n) is 12.1. The summed E-state index contributed by atoms with van der Waals surface area (Å²) >= 11 is 1.73. The molecule has 2 aromatic rings. The molecule has 3 nitrogen and oxygen atoms in total. The van der Waals surface area contributed by atoms with E-state index in [1.807, 2.05) is 24.3 Å². The Labute approximate surface area is 129 Å². The maximum atomic E-state index is 12.2. The van der Waals surface area contributed by atoms with E-state index < -0.39 is 0 Å². The second-order valence-corrected chi connectivity index (χ2v) is 6.67. The topological polar surface area (TPSA) is 55.1 Å². The molecule has 4 heteroatoms. The standard InChI is InChI=1S/C17H20N2OS/c1-11-8-9-21-16(11)12-2-4-13(5-3-12)17(20)19-15-7-6-14(18)10-15/h2-5,8-9,14-15H,6-7,10,18H2,1H3,(H,19,20)/t14-,15+/m1/s1. The Kier molecular flexibility index (Phi) is 4.08. The second-order valence-electron chi connectivity index (χ2n) is 5.75. The molecule has 1 heterocycles. The first kappa shape index (κ1) is 14.3. The van der Waals surface area contributed by atoms with E-state index >= 15 is 0 Å². The number of carbonyl (C=O) groups excluding carboxylic acids is 1. The van der Waals surface area contributed by atoms with Gasteiger partial charge in [-0.3, -0.25) is 4.79 Å². The lowest BCUT2D eigenvalue weighted by atomic mass is 10.1. The monoisotopic (exact) mass is 300 g/mol. The van der Waals surface area contributed by atoms with Crippen molar-refractivity contribution >= 4 is 17.2 Å². The molecule has 3 N–H and O–H groups in total. The van der Waals surface area contributed by atoms with Crippen LogP contribution in [0.15, 0.2) is 35.7 Å². The van der Waals surface area contributed by atoms with Crippen molar-refractivity contribution in [3.63, 3.8) is 0 Å². The zero-order chi connectivity index (χ0) is 14.8. The third kappa shape index (κ3) is 3.17. The quantitative estimate of drug-likeness (QED) is 0.913. The number of hydrogen-bond donors (Lipinski definition) is 2. The Bertz CT molecular complexity index is 632. The van der Waals surface area contributed by atoms with Gasteiger partial charge in [0.1, 0.15) is 0 Å². The van der Waals surface area contributed by atoms with Crippen LogP contribution in [-0.2, 0) is 0 Å². The number of amides is 1. The number of nitrogens with two attached hydrogens (primary N) is 1. The van der Waals surface area contributed by atoms with Gasteiger partial charge in [-0.25, -0.2) is 0 Å². The number of carbonyl (C=O) groups is 1. The summed E-state index contributed by atoms with van der Waals surface area (Å²) in [5.41, 5.74) is 9.04. The minimum Gasteiger partial charge on any atom is -0.349 e. The van der Waals surface area contributed by atoms with Crippen LogP contribution in [0.25, 0.3) is 10.4 Å². The molecular formula is C17H20N2OS. The molecule has 0 unspecified atom stereocenters. The van der Waals surface area contributed by atoms with Crippen LogP contribution < -0.4 is 11.1 Å². The number of thiophene rings is 1. The number of benzene rings is 1. The van der Waals surface area contributed by atoms with Crippen LogP contribution in [0.3, 0.4) is 0 Å². The van der Waals surface area contributed by atoms with Gasteiger partial charge < -0.3 is 11.1 Å². The third-order valence-electron chi connectivity index (χ3n) is 4.08. The molecule has 1 aromatic carbocycles. The van der Waals surface area contributed by atoms with E-state index in [-0.39, 0.29) is 18.0 Å². The summed E-state index contributed by atoms with van der Waals surface area (Å²) in [6, 6.07) is 10.4. The molecular weight excluding hydrogens is 280 g/mol. The fourth-order valence-electron chi connectivity index (χ4n) is 2.86. The van der Waals surface area contributed by atoms with E-state index in [2.05, 4.69) is 23.7 Å². The summed E-state index contributed by atoms with van der Waals surface area (Å²) in [4.78, 5) is 13.5. The minimum atomic E-state index is 0.00329. The van der Waals surface area contributed by atoms with Crippen LogP contribution in [0, 0.1) is 6.92 Å². The van der Waals surface area contributed by atoms with E-state index in [0.29, 0.717) is 5.56 Å². The fourth-order valence-corrected chi connectivity index (χ4v) is 3.79. The highest BCUT2D eigenvalue weighted by Crippen LogP contribution is 2.29. The maximum absolute atomic E-state index is 12.2. The molecule has 110 valence electrons. The largest absolute Gasteiger partial charge is 0.349 e. The fraction of sp³-hybridized carbons (Fsp3) is 0.353. The van der Waals surface area contributed by atoms with Gasteiger partial charge in [-0.2, -0.15) is 0 Å². The molecule has 0 saturated heterocycles. The Morgan fingerprint density at radius 3 is 2.57 bits per heavy atom. The lowest BCUT2D eigenvalue weighted by Gasteiger charge is -2.12. The molecule has 3 rings (SSSR count). The molecule has 0 aliphatic heterocycles. The average molecular weight is 300 g/mol. The molecule has 1 fully saturated rings. The predicted molar refractivity (Wildman–Crippen MR) is 87.6 cm³/mol. The smallest absolute Gasteiger partial charge is 0.251 e. The first-order valence-corrected chi connectivity index (χ1v) is 8.22. The highest BCUT2D eigenvalue weighted by molar-refractivity contribution is 7.13. The summed E-state index contributed by atoms with van der Waals surface area (Å²) in [7, 11) is 0. The summed E-state index contributed by atoms with van der Waals surface area (Å²) < 4.78 is 0. The molecule has 1 aliphatic rings. The highest BCUT2D eigenvalue weighted by atomic mass is 32.1. The van der Waals surface area contributed by atoms with Crippen molar-refractivity contribution in [2.75, 3.05) is 0 Å². The van der Waals surface area contributed by atoms with Crippen LogP contribution in [-0.4, -0.2) is 18.0 Å². The Morgan fingerprint density at radius 1 is 1.24 bits per heavy atom. The van der Waals surface area contributed by atoms with E-state index in [1.165, 1.54) is 16.0 Å². The van der Waals surface area contributed by atoms with Gasteiger partial charge >= 0.3 is 0 Å². The zero-order valence-corrected chi connectivity index (χ0v) is 13.0. The molecule has 1 saturated carbocycles. The van der Waals surface area contributed by atoms with Crippen molar-refractivity contribution in [1.82, 2.24) is 5.32 Å². The van der Waals surface area contributed by atoms with Crippen LogP contribution >= 0.6 is 11.3 Å². The van der Waals surface area contributed by atoms with E-state index in [4.69, 9.17) is 5.73 Å². The van der Waals surface area contributed by atoms with E-state index in [9.17, 15) is 4.79 Å². The van der Waals surface area contributed by atoms with Crippen LogP contribution in [0.2, 0.25) is 0 Å². The van der Waals surface area contributed by atoms with Crippen molar-refractivity contribution in [3.8, 4) is 10.4 Å².